The summed E-state index contributed by atoms with van der Waals surface area (Å²) in [5.74, 6) is -1.01. The van der Waals surface area contributed by atoms with E-state index in [1.165, 1.54) is 0 Å². The zero-order valence-corrected chi connectivity index (χ0v) is 16.0. The number of halogens is 2. The van der Waals surface area contributed by atoms with Crippen LogP contribution in [0.25, 0.3) is 16.9 Å². The number of aromatic nitrogens is 2. The summed E-state index contributed by atoms with van der Waals surface area (Å²) in [6.07, 6.45) is 1.41. The van der Waals surface area contributed by atoms with Crippen molar-refractivity contribution in [3.63, 3.8) is 0 Å². The van der Waals surface area contributed by atoms with E-state index in [2.05, 4.69) is 5.10 Å². The van der Waals surface area contributed by atoms with Crippen molar-refractivity contribution < 1.29 is 9.90 Å². The average Bonchev–Trinajstić information content (AvgIpc) is 2.98. The number of nitrogens with zero attached hydrogens (tertiary/aromatic N) is 2. The number of carboxylic acids is 1. The molecule has 4 nitrogen and oxygen atoms in total. The van der Waals surface area contributed by atoms with E-state index in [0.29, 0.717) is 33.4 Å². The van der Waals surface area contributed by atoms with Crippen LogP contribution in [-0.2, 0) is 6.42 Å². The third kappa shape index (κ3) is 3.48. The van der Waals surface area contributed by atoms with Gasteiger partial charge in [-0.2, -0.15) is 5.10 Å². The van der Waals surface area contributed by atoms with Crippen LogP contribution in [-0.4, -0.2) is 20.9 Å². The van der Waals surface area contributed by atoms with E-state index < -0.39 is 5.97 Å². The van der Waals surface area contributed by atoms with Crippen LogP contribution in [0, 0.1) is 6.92 Å². The number of benzene rings is 2. The first kappa shape index (κ1) is 18.5. The summed E-state index contributed by atoms with van der Waals surface area (Å²) in [6.45, 7) is 4.01. The number of hydrogen-bond donors (Lipinski definition) is 1. The highest BCUT2D eigenvalue weighted by molar-refractivity contribution is 6.42. The number of aryl methyl sites for hydroxylation is 1. The van der Waals surface area contributed by atoms with Gasteiger partial charge in [0.1, 0.15) is 11.3 Å². The highest BCUT2D eigenvalue weighted by Crippen LogP contribution is 2.32. The van der Waals surface area contributed by atoms with Crippen LogP contribution in [0.3, 0.4) is 0 Å². The Hall–Kier alpha value is -2.30. The van der Waals surface area contributed by atoms with Crippen molar-refractivity contribution in [3.05, 3.63) is 69.3 Å². The molecule has 3 rings (SSSR count). The molecule has 26 heavy (non-hydrogen) atoms. The molecule has 0 fully saturated rings. The van der Waals surface area contributed by atoms with Gasteiger partial charge >= 0.3 is 5.97 Å². The zero-order chi connectivity index (χ0) is 18.8. The molecule has 0 amide bonds. The van der Waals surface area contributed by atoms with Crippen LogP contribution in [0.15, 0.2) is 42.5 Å². The van der Waals surface area contributed by atoms with Gasteiger partial charge in [-0.3, -0.25) is 0 Å². The van der Waals surface area contributed by atoms with Crippen LogP contribution in [0.2, 0.25) is 10.0 Å². The van der Waals surface area contributed by atoms with Gasteiger partial charge in [-0.1, -0.05) is 60.3 Å². The maximum atomic E-state index is 12.0. The summed E-state index contributed by atoms with van der Waals surface area (Å²) in [7, 11) is 0. The Bertz CT molecular complexity index is 963. The number of rotatable bonds is 5. The summed E-state index contributed by atoms with van der Waals surface area (Å²) in [5, 5.41) is 15.3. The molecule has 0 bridgehead atoms. The predicted molar refractivity (Wildman–Crippen MR) is 105 cm³/mol. The quantitative estimate of drug-likeness (QED) is 0.600. The summed E-state index contributed by atoms with van der Waals surface area (Å²) in [4.78, 5) is 12.0. The molecule has 0 saturated heterocycles. The van der Waals surface area contributed by atoms with E-state index in [9.17, 15) is 9.90 Å². The summed E-state index contributed by atoms with van der Waals surface area (Å²) >= 11 is 12.1. The predicted octanol–water partition coefficient (Wildman–Crippen LogP) is 5.81. The number of carbonyl (C=O) groups is 1. The van der Waals surface area contributed by atoms with E-state index in [1.807, 2.05) is 38.1 Å². The van der Waals surface area contributed by atoms with Crippen molar-refractivity contribution in [3.8, 4) is 16.9 Å². The molecule has 1 aromatic heterocycles. The van der Waals surface area contributed by atoms with E-state index in [4.69, 9.17) is 23.2 Å². The van der Waals surface area contributed by atoms with E-state index >= 15 is 0 Å². The van der Waals surface area contributed by atoms with Crippen molar-refractivity contribution in [2.75, 3.05) is 0 Å². The fraction of sp³-hybridized carbons (Fsp3) is 0.200. The first-order chi connectivity index (χ1) is 12.4. The van der Waals surface area contributed by atoms with E-state index in [0.717, 1.165) is 17.7 Å². The second kappa shape index (κ2) is 7.52. The van der Waals surface area contributed by atoms with Gasteiger partial charge in [-0.05, 0) is 37.6 Å². The minimum Gasteiger partial charge on any atom is -0.478 e. The summed E-state index contributed by atoms with van der Waals surface area (Å²) in [5.41, 5.74) is 3.84. The molecular weight excluding hydrogens is 371 g/mol. The Morgan fingerprint density at radius 2 is 1.81 bits per heavy atom. The topological polar surface area (TPSA) is 55.1 Å². The number of hydrogen-bond acceptors (Lipinski definition) is 2. The Morgan fingerprint density at radius 1 is 1.12 bits per heavy atom. The Morgan fingerprint density at radius 3 is 2.38 bits per heavy atom. The molecule has 0 saturated carbocycles. The second-order valence-corrected chi connectivity index (χ2v) is 6.92. The van der Waals surface area contributed by atoms with Gasteiger partial charge in [0, 0.05) is 5.56 Å². The van der Waals surface area contributed by atoms with Crippen molar-refractivity contribution in [1.82, 2.24) is 9.78 Å². The monoisotopic (exact) mass is 388 g/mol. The molecule has 6 heteroatoms. The highest BCUT2D eigenvalue weighted by atomic mass is 35.5. The Labute approximate surface area is 162 Å². The fourth-order valence-electron chi connectivity index (χ4n) is 2.89. The second-order valence-electron chi connectivity index (χ2n) is 6.10. The maximum absolute atomic E-state index is 12.0. The number of aromatic carboxylic acids is 1. The van der Waals surface area contributed by atoms with Crippen molar-refractivity contribution in [2.24, 2.45) is 0 Å². The summed E-state index contributed by atoms with van der Waals surface area (Å²) in [6, 6.07) is 12.9. The minimum absolute atomic E-state index is 0.200. The standard InChI is InChI=1S/C20H18Cl2N2O2/c1-3-4-17-18(20(25)26)19(13-7-10-15(21)16(22)11-13)23-24(17)14-8-5-12(2)6-9-14/h5-11H,3-4H2,1-2H3,(H,25,26). The normalized spacial score (nSPS) is 10.9. The van der Waals surface area contributed by atoms with Gasteiger partial charge in [0.2, 0.25) is 0 Å². The smallest absolute Gasteiger partial charge is 0.339 e. The van der Waals surface area contributed by atoms with Gasteiger partial charge in [-0.15, -0.1) is 0 Å². The van der Waals surface area contributed by atoms with E-state index in [1.54, 1.807) is 22.9 Å². The molecule has 2 aromatic carbocycles. The largest absolute Gasteiger partial charge is 0.478 e. The lowest BCUT2D eigenvalue weighted by Crippen LogP contribution is -2.06. The third-order valence-electron chi connectivity index (χ3n) is 4.15. The SMILES string of the molecule is CCCc1c(C(=O)O)c(-c2ccc(Cl)c(Cl)c2)nn1-c1ccc(C)cc1. The maximum Gasteiger partial charge on any atom is 0.339 e. The van der Waals surface area contributed by atoms with Crippen LogP contribution < -0.4 is 0 Å². The average molecular weight is 389 g/mol. The molecule has 0 spiro atoms. The molecule has 3 aromatic rings. The van der Waals surface area contributed by atoms with Crippen LogP contribution in [0.5, 0.6) is 0 Å². The zero-order valence-electron chi connectivity index (χ0n) is 14.5. The molecule has 0 aliphatic carbocycles. The van der Waals surface area contributed by atoms with Crippen LogP contribution in [0.4, 0.5) is 0 Å². The van der Waals surface area contributed by atoms with Crippen LogP contribution >= 0.6 is 23.2 Å². The van der Waals surface area contributed by atoms with Gasteiger partial charge < -0.3 is 5.11 Å². The highest BCUT2D eigenvalue weighted by Gasteiger charge is 2.25. The molecule has 0 radical (unpaired) electrons. The molecule has 1 heterocycles. The van der Waals surface area contributed by atoms with Crippen LogP contribution in [0.1, 0.15) is 35.0 Å². The minimum atomic E-state index is -1.01. The first-order valence-electron chi connectivity index (χ1n) is 8.30. The molecule has 0 unspecified atom stereocenters. The molecule has 0 aliphatic rings. The molecule has 0 atom stereocenters. The molecule has 0 aliphatic heterocycles. The van der Waals surface area contributed by atoms with Gasteiger partial charge in [0.05, 0.1) is 21.4 Å². The van der Waals surface area contributed by atoms with Gasteiger partial charge in [0.15, 0.2) is 0 Å². The molecule has 134 valence electrons. The third-order valence-corrected chi connectivity index (χ3v) is 4.89. The van der Waals surface area contributed by atoms with Gasteiger partial charge in [-0.25, -0.2) is 9.48 Å². The van der Waals surface area contributed by atoms with Crippen molar-refractivity contribution in [1.29, 1.82) is 0 Å². The Balaban J connectivity index is 2.27. The van der Waals surface area contributed by atoms with E-state index in [-0.39, 0.29) is 5.56 Å². The van der Waals surface area contributed by atoms with Gasteiger partial charge in [0.25, 0.3) is 0 Å². The lowest BCUT2D eigenvalue weighted by atomic mass is 10.0. The molecular formula is C20H18Cl2N2O2. The van der Waals surface area contributed by atoms with Crippen molar-refractivity contribution in [2.45, 2.75) is 26.7 Å². The fourth-order valence-corrected chi connectivity index (χ4v) is 3.19. The van der Waals surface area contributed by atoms with Crippen molar-refractivity contribution >= 4 is 29.2 Å². The lowest BCUT2D eigenvalue weighted by molar-refractivity contribution is 0.0696. The summed E-state index contributed by atoms with van der Waals surface area (Å²) < 4.78 is 1.71. The lowest BCUT2D eigenvalue weighted by Gasteiger charge is -2.07. The first-order valence-corrected chi connectivity index (χ1v) is 9.05. The molecule has 1 N–H and O–H groups in total. The Kier molecular flexibility index (Phi) is 5.35. The number of carboxylic acid groups (broad SMARTS) is 1.